The third kappa shape index (κ3) is 8.31. The van der Waals surface area contributed by atoms with Crippen molar-refractivity contribution < 1.29 is 14.4 Å². The molecule has 92 valence electrons. The summed E-state index contributed by atoms with van der Waals surface area (Å²) in [6, 6.07) is 0. The van der Waals surface area contributed by atoms with E-state index in [0.29, 0.717) is 25.9 Å². The Kier molecular flexibility index (Phi) is 8.84. The van der Waals surface area contributed by atoms with Crippen LogP contribution in [0.1, 0.15) is 19.8 Å². The molecule has 0 heterocycles. The molecule has 0 radical (unpaired) electrons. The van der Waals surface area contributed by atoms with Crippen LogP contribution in [-0.4, -0.2) is 42.0 Å². The van der Waals surface area contributed by atoms with E-state index in [-0.39, 0.29) is 10.6 Å². The van der Waals surface area contributed by atoms with Gasteiger partial charge in [0.2, 0.25) is 18.2 Å². The van der Waals surface area contributed by atoms with E-state index in [1.807, 2.05) is 6.92 Å². The fraction of sp³-hybridized carbons (Fsp3) is 0.700. The molecule has 0 aromatic rings. The van der Waals surface area contributed by atoms with Crippen molar-refractivity contribution in [3.05, 3.63) is 0 Å². The summed E-state index contributed by atoms with van der Waals surface area (Å²) in [4.78, 5) is 40.3. The van der Waals surface area contributed by atoms with Crippen LogP contribution in [0.25, 0.3) is 0 Å². The summed E-state index contributed by atoms with van der Waals surface area (Å²) in [6.07, 6.45) is 5.64. The zero-order valence-electron chi connectivity index (χ0n) is 9.51. The molecule has 0 N–H and O–H groups in total. The van der Waals surface area contributed by atoms with E-state index >= 15 is 0 Å². The van der Waals surface area contributed by atoms with Gasteiger partial charge in [-0.05, 0) is 12.8 Å². The topological polar surface area (TPSA) is 88.3 Å². The highest BCUT2D eigenvalue weighted by Gasteiger charge is 2.23. The molecule has 17 heavy (non-hydrogen) atoms. The average molecular weight is 255 g/mol. The molecule has 7 heteroatoms. The third-order valence-corrected chi connectivity index (χ3v) is 3.54. The lowest BCUT2D eigenvalue weighted by molar-refractivity contribution is 0.539. The number of hydrogen-bond acceptors (Lipinski definition) is 7. The molecule has 0 aromatic heterocycles. The van der Waals surface area contributed by atoms with Crippen LogP contribution < -0.4 is 0 Å². The second kappa shape index (κ2) is 9.70. The summed E-state index contributed by atoms with van der Waals surface area (Å²) in [6.45, 7) is 2.64. The molecular formula is C10H13N3O3S. The van der Waals surface area contributed by atoms with Gasteiger partial charge in [0.25, 0.3) is 0 Å². The fourth-order valence-electron chi connectivity index (χ4n) is 1.16. The highest BCUT2D eigenvalue weighted by atomic mass is 32.2. The number of hydrogen-bond donors (Lipinski definition) is 0. The normalized spacial score (nSPS) is 12.5. The average Bonchev–Trinajstić information content (AvgIpc) is 2.30. The van der Waals surface area contributed by atoms with Gasteiger partial charge in [0, 0.05) is 4.75 Å². The maximum atomic E-state index is 9.97. The van der Waals surface area contributed by atoms with Crippen LogP contribution in [0, 0.1) is 0 Å². The Morgan fingerprint density at radius 3 is 1.82 bits per heavy atom. The number of rotatable bonds is 9. The van der Waals surface area contributed by atoms with Gasteiger partial charge in [-0.25, -0.2) is 24.4 Å². The molecule has 0 saturated heterocycles. The van der Waals surface area contributed by atoms with Crippen LogP contribution in [0.5, 0.6) is 0 Å². The van der Waals surface area contributed by atoms with Crippen molar-refractivity contribution in [2.75, 3.05) is 19.0 Å². The maximum absolute atomic E-state index is 9.97. The molecule has 0 spiro atoms. The minimum atomic E-state index is -0.249. The van der Waals surface area contributed by atoms with E-state index in [1.54, 1.807) is 0 Å². The van der Waals surface area contributed by atoms with Crippen LogP contribution in [0.15, 0.2) is 15.0 Å². The Morgan fingerprint density at radius 2 is 1.41 bits per heavy atom. The van der Waals surface area contributed by atoms with Gasteiger partial charge in [0.1, 0.15) is 0 Å². The first-order valence-corrected chi connectivity index (χ1v) is 5.92. The second-order valence-corrected chi connectivity index (χ2v) is 4.95. The number of carbonyl (C=O) groups excluding carboxylic acids is 3. The lowest BCUT2D eigenvalue weighted by Crippen LogP contribution is -2.23. The van der Waals surface area contributed by atoms with E-state index in [1.165, 1.54) is 30.0 Å². The molecule has 0 aliphatic rings. The first kappa shape index (κ1) is 15.5. The van der Waals surface area contributed by atoms with Crippen molar-refractivity contribution in [1.29, 1.82) is 0 Å². The van der Waals surface area contributed by atoms with Crippen LogP contribution in [0.4, 0.5) is 0 Å². The number of aliphatic imine (C=N–C) groups is 3. The largest absolute Gasteiger partial charge is 0.235 e. The molecule has 0 aromatic carbocycles. The predicted molar refractivity (Wildman–Crippen MR) is 64.2 cm³/mol. The lowest BCUT2D eigenvalue weighted by atomic mass is 10.0. The second-order valence-electron chi connectivity index (χ2n) is 3.42. The van der Waals surface area contributed by atoms with Crippen molar-refractivity contribution in [1.82, 2.24) is 0 Å². The van der Waals surface area contributed by atoms with Crippen molar-refractivity contribution in [2.24, 2.45) is 15.0 Å². The smallest absolute Gasteiger partial charge is 0.211 e. The van der Waals surface area contributed by atoms with Crippen LogP contribution >= 0.6 is 11.8 Å². The Labute approximate surface area is 103 Å². The van der Waals surface area contributed by atoms with Gasteiger partial charge in [-0.1, -0.05) is 6.92 Å². The van der Waals surface area contributed by atoms with Crippen LogP contribution in [0.3, 0.4) is 0 Å². The first-order valence-electron chi connectivity index (χ1n) is 4.93. The Morgan fingerprint density at radius 1 is 0.941 bits per heavy atom. The predicted octanol–water partition coefficient (Wildman–Crippen LogP) is 1.22. The summed E-state index contributed by atoms with van der Waals surface area (Å²) >= 11 is 1.44. The molecule has 0 fully saturated rings. The molecule has 0 rings (SSSR count). The van der Waals surface area contributed by atoms with Gasteiger partial charge in [0.05, 0.1) is 19.0 Å². The van der Waals surface area contributed by atoms with E-state index in [4.69, 9.17) is 0 Å². The number of nitrogens with zero attached hydrogens (tertiary/aromatic N) is 3. The lowest BCUT2D eigenvalue weighted by Gasteiger charge is -2.26. The third-order valence-electron chi connectivity index (χ3n) is 2.18. The standard InChI is InChI=1S/C10H13N3O3S/c1-10(2-4-11-6-14,3-5-12-7-15)17-9-13-8-16/h2-5,9H2,1H3. The van der Waals surface area contributed by atoms with E-state index in [2.05, 4.69) is 15.0 Å². The van der Waals surface area contributed by atoms with Crippen LogP contribution in [0.2, 0.25) is 0 Å². The summed E-state index contributed by atoms with van der Waals surface area (Å²) < 4.78 is -0.249. The Hall–Kier alpha value is -1.51. The van der Waals surface area contributed by atoms with Gasteiger partial charge in [-0.2, -0.15) is 4.99 Å². The van der Waals surface area contributed by atoms with Gasteiger partial charge in [-0.3, -0.25) is 0 Å². The van der Waals surface area contributed by atoms with E-state index in [0.717, 1.165) is 0 Å². The monoisotopic (exact) mass is 255 g/mol. The highest BCUT2D eigenvalue weighted by molar-refractivity contribution is 8.00. The minimum absolute atomic E-state index is 0.249. The van der Waals surface area contributed by atoms with E-state index < -0.39 is 0 Å². The van der Waals surface area contributed by atoms with E-state index in [9.17, 15) is 14.4 Å². The van der Waals surface area contributed by atoms with Crippen molar-refractivity contribution in [3.8, 4) is 0 Å². The molecule has 0 aliphatic heterocycles. The van der Waals surface area contributed by atoms with Crippen LogP contribution in [-0.2, 0) is 14.4 Å². The summed E-state index contributed by atoms with van der Waals surface area (Å²) in [5.41, 5.74) is 0. The summed E-state index contributed by atoms with van der Waals surface area (Å²) in [5.74, 6) is 0.287. The molecule has 0 unspecified atom stereocenters. The number of isocyanates is 3. The molecule has 0 bridgehead atoms. The summed E-state index contributed by atoms with van der Waals surface area (Å²) in [5, 5.41) is 0. The molecule has 0 saturated carbocycles. The SMILES string of the molecule is CC(CCN=C=O)(CCN=C=O)SCN=C=O. The Bertz CT molecular complexity index is 312. The Balaban J connectivity index is 4.35. The quantitative estimate of drug-likeness (QED) is 0.457. The molecular weight excluding hydrogens is 242 g/mol. The van der Waals surface area contributed by atoms with Gasteiger partial charge < -0.3 is 0 Å². The summed E-state index contributed by atoms with van der Waals surface area (Å²) in [7, 11) is 0. The van der Waals surface area contributed by atoms with Crippen molar-refractivity contribution in [3.63, 3.8) is 0 Å². The molecule has 6 nitrogen and oxygen atoms in total. The molecule has 0 amide bonds. The number of thioether (sulfide) groups is 1. The van der Waals surface area contributed by atoms with Gasteiger partial charge in [-0.15, -0.1) is 11.8 Å². The minimum Gasteiger partial charge on any atom is -0.211 e. The van der Waals surface area contributed by atoms with Crippen molar-refractivity contribution >= 4 is 30.0 Å². The van der Waals surface area contributed by atoms with Gasteiger partial charge >= 0.3 is 0 Å². The zero-order valence-corrected chi connectivity index (χ0v) is 10.3. The first-order chi connectivity index (χ1) is 8.18. The highest BCUT2D eigenvalue weighted by Crippen LogP contribution is 2.32. The zero-order chi connectivity index (χ0) is 13.0. The molecule has 0 aliphatic carbocycles. The maximum Gasteiger partial charge on any atom is 0.235 e. The van der Waals surface area contributed by atoms with Crippen molar-refractivity contribution in [2.45, 2.75) is 24.5 Å². The fourth-order valence-corrected chi connectivity index (χ4v) is 2.06. The van der Waals surface area contributed by atoms with Gasteiger partial charge in [0.15, 0.2) is 0 Å². The molecule has 0 atom stereocenters.